The van der Waals surface area contributed by atoms with Crippen molar-refractivity contribution >= 4 is 37.9 Å². The van der Waals surface area contributed by atoms with Crippen LogP contribution < -0.4 is 4.74 Å². The fourth-order valence-corrected chi connectivity index (χ4v) is 5.71. The molecule has 2 heterocycles. The summed E-state index contributed by atoms with van der Waals surface area (Å²) in [6.07, 6.45) is 2.74. The highest BCUT2D eigenvalue weighted by atomic mass is 32.2. The molecule has 0 spiro atoms. The highest BCUT2D eigenvalue weighted by Crippen LogP contribution is 2.32. The Bertz CT molecular complexity index is 1430. The van der Waals surface area contributed by atoms with Crippen molar-refractivity contribution in [2.24, 2.45) is 0 Å². The first-order valence-electron chi connectivity index (χ1n) is 10.7. The van der Waals surface area contributed by atoms with E-state index in [1.54, 1.807) is 37.3 Å². The predicted molar refractivity (Wildman–Crippen MR) is 122 cm³/mol. The SMILES string of the molecule is Cc1ccc(S(=O)(=O)N2CCCCC2)cc1C(=O)Oc1ccc2oc3ccccc3c2c1. The molecule has 3 aromatic carbocycles. The van der Waals surface area contributed by atoms with E-state index >= 15 is 0 Å². The second kappa shape index (κ2) is 8.07. The van der Waals surface area contributed by atoms with E-state index in [-0.39, 0.29) is 10.5 Å². The maximum atomic E-state index is 13.0. The number of furan rings is 1. The molecule has 164 valence electrons. The van der Waals surface area contributed by atoms with E-state index in [4.69, 9.17) is 9.15 Å². The van der Waals surface area contributed by atoms with E-state index in [2.05, 4.69) is 0 Å². The summed E-state index contributed by atoms with van der Waals surface area (Å²) in [6, 6.07) is 17.5. The molecule has 0 unspecified atom stereocenters. The summed E-state index contributed by atoms with van der Waals surface area (Å²) in [6.45, 7) is 2.78. The van der Waals surface area contributed by atoms with Crippen LogP contribution in [0.15, 0.2) is 70.0 Å². The van der Waals surface area contributed by atoms with Crippen molar-refractivity contribution in [3.63, 3.8) is 0 Å². The van der Waals surface area contributed by atoms with Gasteiger partial charge in [0.1, 0.15) is 16.9 Å². The van der Waals surface area contributed by atoms with E-state index in [9.17, 15) is 13.2 Å². The van der Waals surface area contributed by atoms with Crippen molar-refractivity contribution in [2.75, 3.05) is 13.1 Å². The van der Waals surface area contributed by atoms with Gasteiger partial charge in [-0.25, -0.2) is 13.2 Å². The molecular formula is C25H23NO5S. The number of carbonyl (C=O) groups is 1. The standard InChI is InChI=1S/C25H23NO5S/c1-17-9-11-19(32(28,29)26-13-5-2-6-14-26)16-21(17)25(27)30-18-10-12-24-22(15-18)20-7-3-4-8-23(20)31-24/h3-4,7-12,15-16H,2,5-6,13-14H2,1H3. The average Bonchev–Trinajstić information content (AvgIpc) is 3.18. The van der Waals surface area contributed by atoms with Crippen LogP contribution in [-0.2, 0) is 10.0 Å². The molecular weight excluding hydrogens is 426 g/mol. The minimum absolute atomic E-state index is 0.119. The minimum Gasteiger partial charge on any atom is -0.456 e. The third-order valence-corrected chi connectivity index (χ3v) is 7.84. The van der Waals surface area contributed by atoms with E-state index in [1.165, 1.54) is 10.4 Å². The number of sulfonamides is 1. The summed E-state index contributed by atoms with van der Waals surface area (Å²) in [7, 11) is -3.64. The molecule has 1 saturated heterocycles. The number of carbonyl (C=O) groups excluding carboxylic acids is 1. The zero-order valence-corrected chi connectivity index (χ0v) is 18.5. The Hall–Kier alpha value is -3.16. The van der Waals surface area contributed by atoms with Crippen molar-refractivity contribution in [1.29, 1.82) is 0 Å². The van der Waals surface area contributed by atoms with E-state index in [1.807, 2.05) is 24.3 Å². The fourth-order valence-electron chi connectivity index (χ4n) is 4.17. The van der Waals surface area contributed by atoms with Crippen molar-refractivity contribution in [2.45, 2.75) is 31.1 Å². The number of ether oxygens (including phenoxy) is 1. The number of hydrogen-bond donors (Lipinski definition) is 0. The number of aryl methyl sites for hydroxylation is 1. The predicted octanol–water partition coefficient (Wildman–Crippen LogP) is 5.29. The molecule has 0 bridgehead atoms. The normalized spacial score (nSPS) is 15.3. The average molecular weight is 450 g/mol. The topological polar surface area (TPSA) is 76.8 Å². The Morgan fingerprint density at radius 1 is 0.906 bits per heavy atom. The number of fused-ring (bicyclic) bond motifs is 3. The molecule has 1 aromatic heterocycles. The van der Waals surface area contributed by atoms with Crippen molar-refractivity contribution < 1.29 is 22.4 Å². The first kappa shape index (κ1) is 20.7. The molecule has 0 atom stereocenters. The Balaban J connectivity index is 1.45. The first-order valence-corrected chi connectivity index (χ1v) is 12.1. The van der Waals surface area contributed by atoms with Crippen LogP contribution in [0.1, 0.15) is 35.2 Å². The van der Waals surface area contributed by atoms with Crippen LogP contribution in [0.5, 0.6) is 5.75 Å². The van der Waals surface area contributed by atoms with Crippen LogP contribution in [0.2, 0.25) is 0 Å². The number of benzene rings is 3. The summed E-state index contributed by atoms with van der Waals surface area (Å²) in [4.78, 5) is 13.1. The summed E-state index contributed by atoms with van der Waals surface area (Å²) in [5, 5.41) is 1.79. The van der Waals surface area contributed by atoms with E-state index in [0.29, 0.717) is 30.0 Å². The summed E-state index contributed by atoms with van der Waals surface area (Å²) in [5.74, 6) is -0.219. The van der Waals surface area contributed by atoms with Gasteiger partial charge in [-0.3, -0.25) is 0 Å². The third-order valence-electron chi connectivity index (χ3n) is 5.94. The number of hydrogen-bond acceptors (Lipinski definition) is 5. The van der Waals surface area contributed by atoms with Gasteiger partial charge >= 0.3 is 5.97 Å². The molecule has 0 saturated carbocycles. The second-order valence-corrected chi connectivity index (χ2v) is 10.0. The molecule has 0 amide bonds. The van der Waals surface area contributed by atoms with Crippen LogP contribution in [0.25, 0.3) is 21.9 Å². The number of nitrogens with zero attached hydrogens (tertiary/aromatic N) is 1. The molecule has 0 N–H and O–H groups in total. The summed E-state index contributed by atoms with van der Waals surface area (Å²) < 4.78 is 39.0. The molecule has 1 fully saturated rings. The lowest BCUT2D eigenvalue weighted by atomic mass is 10.1. The molecule has 1 aliphatic rings. The van der Waals surface area contributed by atoms with Gasteiger partial charge in [-0.2, -0.15) is 4.31 Å². The van der Waals surface area contributed by atoms with Gasteiger partial charge in [0.2, 0.25) is 10.0 Å². The highest BCUT2D eigenvalue weighted by Gasteiger charge is 2.27. The molecule has 4 aromatic rings. The summed E-state index contributed by atoms with van der Waals surface area (Å²) >= 11 is 0. The fraction of sp³-hybridized carbons (Fsp3) is 0.240. The monoisotopic (exact) mass is 449 g/mol. The van der Waals surface area contributed by atoms with Crippen LogP contribution in [0, 0.1) is 6.92 Å². The molecule has 5 rings (SSSR count). The van der Waals surface area contributed by atoms with Crippen LogP contribution in [-0.4, -0.2) is 31.8 Å². The minimum atomic E-state index is -3.64. The largest absolute Gasteiger partial charge is 0.456 e. The quantitative estimate of drug-likeness (QED) is 0.313. The summed E-state index contributed by atoms with van der Waals surface area (Å²) in [5.41, 5.74) is 2.36. The highest BCUT2D eigenvalue weighted by molar-refractivity contribution is 7.89. The first-order chi connectivity index (χ1) is 15.4. The Kier molecular flexibility index (Phi) is 5.23. The molecule has 1 aliphatic heterocycles. The van der Waals surface area contributed by atoms with Gasteiger partial charge in [-0.05, 0) is 61.7 Å². The van der Waals surface area contributed by atoms with Gasteiger partial charge in [-0.15, -0.1) is 0 Å². The van der Waals surface area contributed by atoms with Crippen molar-refractivity contribution in [3.8, 4) is 5.75 Å². The molecule has 0 aliphatic carbocycles. The zero-order valence-electron chi connectivity index (χ0n) is 17.7. The van der Waals surface area contributed by atoms with Crippen molar-refractivity contribution in [1.82, 2.24) is 4.31 Å². The van der Waals surface area contributed by atoms with Crippen molar-refractivity contribution in [3.05, 3.63) is 71.8 Å². The Labute approximate surface area is 186 Å². The second-order valence-electron chi connectivity index (χ2n) is 8.09. The van der Waals surface area contributed by atoms with Crippen LogP contribution in [0.3, 0.4) is 0 Å². The lowest BCUT2D eigenvalue weighted by molar-refractivity contribution is 0.0734. The van der Waals surface area contributed by atoms with Gasteiger partial charge < -0.3 is 9.15 Å². The smallest absolute Gasteiger partial charge is 0.343 e. The number of esters is 1. The lowest BCUT2D eigenvalue weighted by Crippen LogP contribution is -2.35. The Morgan fingerprint density at radius 2 is 1.66 bits per heavy atom. The Morgan fingerprint density at radius 3 is 2.47 bits per heavy atom. The number of para-hydroxylation sites is 1. The van der Waals surface area contributed by atoms with Gasteiger partial charge in [0.05, 0.1) is 10.5 Å². The lowest BCUT2D eigenvalue weighted by Gasteiger charge is -2.26. The van der Waals surface area contributed by atoms with Gasteiger partial charge in [-0.1, -0.05) is 30.7 Å². The van der Waals surface area contributed by atoms with Gasteiger partial charge in [0.15, 0.2) is 0 Å². The molecule has 0 radical (unpaired) electrons. The maximum absolute atomic E-state index is 13.0. The van der Waals surface area contributed by atoms with Crippen LogP contribution in [0.4, 0.5) is 0 Å². The van der Waals surface area contributed by atoms with Crippen LogP contribution >= 0.6 is 0 Å². The molecule has 7 heteroatoms. The third kappa shape index (κ3) is 3.67. The van der Waals surface area contributed by atoms with Gasteiger partial charge in [0.25, 0.3) is 0 Å². The molecule has 32 heavy (non-hydrogen) atoms. The van der Waals surface area contributed by atoms with E-state index in [0.717, 1.165) is 35.6 Å². The van der Waals surface area contributed by atoms with Gasteiger partial charge in [0, 0.05) is 23.9 Å². The van der Waals surface area contributed by atoms with E-state index < -0.39 is 16.0 Å². The molecule has 6 nitrogen and oxygen atoms in total. The maximum Gasteiger partial charge on any atom is 0.343 e. The number of piperidine rings is 1. The number of rotatable bonds is 4. The zero-order chi connectivity index (χ0) is 22.3.